The van der Waals surface area contributed by atoms with Crippen LogP contribution in [0.5, 0.6) is 5.75 Å². The third kappa shape index (κ3) is 5.84. The number of likely N-dealkylation sites (N-methyl/N-ethyl adjacent to an activating group) is 1. The topological polar surface area (TPSA) is 100 Å². The SMILES string of the molecule is CC=Cc1ccc2c(c1)O[C@H](CN(C)C(=O)Cc1cccnc1)[C@@H](C)CN([C@@H](C)CO)S2(=O)=O. The molecular weight excluding hydrogens is 454 g/mol. The Kier molecular flexibility index (Phi) is 8.46. The summed E-state index contributed by atoms with van der Waals surface area (Å²) in [7, 11) is -2.17. The van der Waals surface area contributed by atoms with Crippen LogP contribution in [-0.4, -0.2) is 72.5 Å². The summed E-state index contributed by atoms with van der Waals surface area (Å²) in [5, 5.41) is 9.75. The number of aliphatic hydroxyl groups is 1. The molecule has 34 heavy (non-hydrogen) atoms. The zero-order valence-corrected chi connectivity index (χ0v) is 20.9. The lowest BCUT2D eigenvalue weighted by Crippen LogP contribution is -2.50. The van der Waals surface area contributed by atoms with Crippen LogP contribution in [0.4, 0.5) is 0 Å². The number of sulfonamides is 1. The van der Waals surface area contributed by atoms with Crippen LogP contribution in [0.2, 0.25) is 0 Å². The minimum Gasteiger partial charge on any atom is -0.487 e. The maximum Gasteiger partial charge on any atom is 0.247 e. The molecule has 0 saturated heterocycles. The van der Waals surface area contributed by atoms with Gasteiger partial charge in [0.25, 0.3) is 0 Å². The van der Waals surface area contributed by atoms with Gasteiger partial charge in [0.2, 0.25) is 15.9 Å². The molecule has 0 fully saturated rings. The number of aliphatic hydroxyl groups excluding tert-OH is 1. The van der Waals surface area contributed by atoms with Gasteiger partial charge in [0, 0.05) is 37.9 Å². The van der Waals surface area contributed by atoms with Gasteiger partial charge in [-0.2, -0.15) is 4.31 Å². The summed E-state index contributed by atoms with van der Waals surface area (Å²) in [6.45, 7) is 5.61. The van der Waals surface area contributed by atoms with E-state index in [-0.39, 0.29) is 48.6 Å². The Morgan fingerprint density at radius 3 is 2.79 bits per heavy atom. The average Bonchev–Trinajstić information content (AvgIpc) is 2.81. The van der Waals surface area contributed by atoms with E-state index in [0.29, 0.717) is 0 Å². The van der Waals surface area contributed by atoms with Gasteiger partial charge >= 0.3 is 0 Å². The van der Waals surface area contributed by atoms with Crippen molar-refractivity contribution in [2.75, 3.05) is 26.7 Å². The monoisotopic (exact) mass is 487 g/mol. The predicted octanol–water partition coefficient (Wildman–Crippen LogP) is 2.58. The standard InChI is InChI=1S/C25H33N3O5S/c1-5-7-20-9-10-24-22(12-20)33-23(18(2)15-28(19(3)17-29)34(24,31)32)16-27(4)25(30)13-21-8-6-11-26-14-21/h5-12,14,18-19,23,29H,13,15-17H2,1-4H3/t18-,19-,23+/m0/s1. The normalized spacial score (nSPS) is 21.2. The molecule has 0 spiro atoms. The van der Waals surface area contributed by atoms with E-state index in [9.17, 15) is 18.3 Å². The molecule has 1 aromatic carbocycles. The lowest BCUT2D eigenvalue weighted by Gasteiger charge is -2.37. The lowest BCUT2D eigenvalue weighted by molar-refractivity contribution is -0.130. The number of aromatic nitrogens is 1. The Hall–Kier alpha value is -2.75. The van der Waals surface area contributed by atoms with Crippen LogP contribution in [0.15, 0.2) is 53.7 Å². The summed E-state index contributed by atoms with van der Waals surface area (Å²) in [5.41, 5.74) is 1.63. The van der Waals surface area contributed by atoms with Crippen molar-refractivity contribution in [2.45, 2.75) is 44.2 Å². The van der Waals surface area contributed by atoms with Gasteiger partial charge in [-0.3, -0.25) is 9.78 Å². The Bertz CT molecular complexity index is 1120. The fourth-order valence-corrected chi connectivity index (χ4v) is 5.77. The van der Waals surface area contributed by atoms with E-state index < -0.39 is 22.2 Å². The number of ether oxygens (including phenoxy) is 1. The number of allylic oxidation sites excluding steroid dienone is 1. The highest BCUT2D eigenvalue weighted by Gasteiger charge is 2.38. The molecule has 0 radical (unpaired) electrons. The highest BCUT2D eigenvalue weighted by molar-refractivity contribution is 7.89. The second-order valence-electron chi connectivity index (χ2n) is 8.76. The van der Waals surface area contributed by atoms with Crippen molar-refractivity contribution in [3.05, 3.63) is 59.9 Å². The number of nitrogens with zero attached hydrogens (tertiary/aromatic N) is 3. The average molecular weight is 488 g/mol. The summed E-state index contributed by atoms with van der Waals surface area (Å²) >= 11 is 0. The van der Waals surface area contributed by atoms with Gasteiger partial charge in [-0.1, -0.05) is 31.2 Å². The number of amides is 1. The van der Waals surface area contributed by atoms with Crippen LogP contribution >= 0.6 is 0 Å². The molecule has 1 N–H and O–H groups in total. The van der Waals surface area contributed by atoms with Gasteiger partial charge in [-0.05, 0) is 43.2 Å². The van der Waals surface area contributed by atoms with Crippen molar-refractivity contribution < 1.29 is 23.1 Å². The van der Waals surface area contributed by atoms with Gasteiger partial charge in [0.05, 0.1) is 19.6 Å². The number of fused-ring (bicyclic) bond motifs is 1. The highest BCUT2D eigenvalue weighted by Crippen LogP contribution is 2.34. The zero-order valence-electron chi connectivity index (χ0n) is 20.1. The summed E-state index contributed by atoms with van der Waals surface area (Å²) in [6, 6.07) is 8.02. The molecule has 0 bridgehead atoms. The summed E-state index contributed by atoms with van der Waals surface area (Å²) < 4.78 is 34.6. The number of hydrogen-bond donors (Lipinski definition) is 1. The van der Waals surface area contributed by atoms with Gasteiger partial charge in [-0.15, -0.1) is 0 Å². The Balaban J connectivity index is 1.94. The van der Waals surface area contributed by atoms with E-state index in [0.717, 1.165) is 11.1 Å². The molecule has 3 rings (SSSR count). The van der Waals surface area contributed by atoms with Crippen molar-refractivity contribution in [3.63, 3.8) is 0 Å². The summed E-state index contributed by atoms with van der Waals surface area (Å²) in [6.07, 6.45) is 6.82. The quantitative estimate of drug-likeness (QED) is 0.644. The molecule has 0 unspecified atom stereocenters. The van der Waals surface area contributed by atoms with Crippen molar-refractivity contribution >= 4 is 22.0 Å². The maximum absolute atomic E-state index is 13.5. The fourth-order valence-electron chi connectivity index (χ4n) is 3.94. The molecule has 2 heterocycles. The molecule has 0 saturated carbocycles. The first-order valence-corrected chi connectivity index (χ1v) is 12.8. The number of carbonyl (C=O) groups excluding carboxylic acids is 1. The fraction of sp³-hybridized carbons (Fsp3) is 0.440. The molecular formula is C25H33N3O5S. The van der Waals surface area contributed by atoms with E-state index in [2.05, 4.69) is 4.98 Å². The second kappa shape index (κ2) is 11.1. The third-order valence-electron chi connectivity index (χ3n) is 6.01. The summed E-state index contributed by atoms with van der Waals surface area (Å²) in [4.78, 5) is 18.6. The number of hydrogen-bond acceptors (Lipinski definition) is 6. The minimum absolute atomic E-state index is 0.0577. The molecule has 184 valence electrons. The number of benzene rings is 1. The van der Waals surface area contributed by atoms with Crippen LogP contribution in [-0.2, 0) is 21.2 Å². The molecule has 1 aliphatic rings. The second-order valence-corrected chi connectivity index (χ2v) is 10.6. The number of pyridine rings is 1. The highest BCUT2D eigenvalue weighted by atomic mass is 32.2. The first-order valence-electron chi connectivity index (χ1n) is 11.4. The van der Waals surface area contributed by atoms with Crippen LogP contribution in [0, 0.1) is 5.92 Å². The third-order valence-corrected chi connectivity index (χ3v) is 8.03. The Labute approximate surface area is 201 Å². The van der Waals surface area contributed by atoms with E-state index in [4.69, 9.17) is 4.74 Å². The molecule has 3 atom stereocenters. The first kappa shape index (κ1) is 25.9. The molecule has 9 heteroatoms. The molecule has 1 aliphatic heterocycles. The van der Waals surface area contributed by atoms with E-state index in [1.165, 1.54) is 4.31 Å². The van der Waals surface area contributed by atoms with Gasteiger partial charge in [-0.25, -0.2) is 8.42 Å². The van der Waals surface area contributed by atoms with Crippen LogP contribution in [0.3, 0.4) is 0 Å². The minimum atomic E-state index is -3.89. The molecule has 1 amide bonds. The molecule has 8 nitrogen and oxygen atoms in total. The van der Waals surface area contributed by atoms with Crippen LogP contribution in [0.1, 0.15) is 31.9 Å². The molecule has 1 aromatic heterocycles. The Morgan fingerprint density at radius 1 is 1.38 bits per heavy atom. The van der Waals surface area contributed by atoms with E-state index in [1.54, 1.807) is 55.5 Å². The van der Waals surface area contributed by atoms with Gasteiger partial charge < -0.3 is 14.7 Å². The summed E-state index contributed by atoms with van der Waals surface area (Å²) in [5.74, 6) is -0.0757. The zero-order chi connectivity index (χ0) is 24.9. The largest absolute Gasteiger partial charge is 0.487 e. The first-order chi connectivity index (χ1) is 16.2. The van der Waals surface area contributed by atoms with Crippen molar-refractivity contribution in [2.24, 2.45) is 5.92 Å². The van der Waals surface area contributed by atoms with Crippen LogP contribution < -0.4 is 4.74 Å². The van der Waals surface area contributed by atoms with E-state index >= 15 is 0 Å². The molecule has 2 aromatic rings. The van der Waals surface area contributed by atoms with Gasteiger partial charge in [0.1, 0.15) is 16.7 Å². The smallest absolute Gasteiger partial charge is 0.247 e. The van der Waals surface area contributed by atoms with Crippen LogP contribution in [0.25, 0.3) is 6.08 Å². The number of rotatable bonds is 7. The van der Waals surface area contributed by atoms with Crippen molar-refractivity contribution in [1.29, 1.82) is 0 Å². The molecule has 0 aliphatic carbocycles. The predicted molar refractivity (Wildman–Crippen MR) is 131 cm³/mol. The number of carbonyl (C=O) groups is 1. The van der Waals surface area contributed by atoms with E-state index in [1.807, 2.05) is 32.1 Å². The van der Waals surface area contributed by atoms with Crippen molar-refractivity contribution in [1.82, 2.24) is 14.2 Å². The van der Waals surface area contributed by atoms with Crippen molar-refractivity contribution in [3.8, 4) is 5.75 Å². The lowest BCUT2D eigenvalue weighted by atomic mass is 10.0. The van der Waals surface area contributed by atoms with Gasteiger partial charge in [0.15, 0.2) is 0 Å². The Morgan fingerprint density at radius 2 is 2.15 bits per heavy atom. The maximum atomic E-state index is 13.5.